The molecule has 2 nitrogen and oxygen atoms in total. The molecule has 2 rings (SSSR count). The number of nitrogens with one attached hydrogen (secondary N) is 1. The zero-order valence-corrected chi connectivity index (χ0v) is 12.2. The van der Waals surface area contributed by atoms with Crippen molar-refractivity contribution in [3.05, 3.63) is 29.8 Å². The average Bonchev–Trinajstić information content (AvgIpc) is 3.10. The molecule has 100 valence electrons. The van der Waals surface area contributed by atoms with Gasteiger partial charge < -0.3 is 10.2 Å². The summed E-state index contributed by atoms with van der Waals surface area (Å²) < 4.78 is 0. The molecular formula is C16H26N2. The van der Waals surface area contributed by atoms with E-state index in [1.165, 1.54) is 24.1 Å². The monoisotopic (exact) mass is 246 g/mol. The third-order valence-electron chi connectivity index (χ3n) is 3.55. The summed E-state index contributed by atoms with van der Waals surface area (Å²) in [4.78, 5) is 2.36. The third kappa shape index (κ3) is 4.02. The van der Waals surface area contributed by atoms with E-state index in [0.717, 1.165) is 19.1 Å². The number of rotatable bonds is 6. The molecule has 1 aliphatic rings. The van der Waals surface area contributed by atoms with Crippen molar-refractivity contribution in [3.8, 4) is 0 Å². The van der Waals surface area contributed by atoms with Gasteiger partial charge >= 0.3 is 0 Å². The Morgan fingerprint density at radius 2 is 2.06 bits per heavy atom. The zero-order chi connectivity index (χ0) is 13.2. The number of anilines is 1. The molecule has 1 aromatic rings. The summed E-state index contributed by atoms with van der Waals surface area (Å²) in [7, 11) is 2.19. The van der Waals surface area contributed by atoms with Gasteiger partial charge in [-0.1, -0.05) is 26.0 Å². The van der Waals surface area contributed by atoms with Gasteiger partial charge in [0.2, 0.25) is 0 Å². The van der Waals surface area contributed by atoms with Crippen LogP contribution in [-0.2, 0) is 0 Å². The second-order valence-electron chi connectivity index (χ2n) is 6.51. The van der Waals surface area contributed by atoms with Crippen LogP contribution in [0.2, 0.25) is 0 Å². The van der Waals surface area contributed by atoms with Crippen LogP contribution in [0.5, 0.6) is 0 Å². The van der Waals surface area contributed by atoms with Crippen LogP contribution in [0, 0.1) is 12.3 Å². The minimum atomic E-state index is 0.307. The van der Waals surface area contributed by atoms with Gasteiger partial charge in [-0.05, 0) is 42.9 Å². The first-order valence-corrected chi connectivity index (χ1v) is 6.97. The van der Waals surface area contributed by atoms with E-state index in [0.29, 0.717) is 5.41 Å². The smallest absolute Gasteiger partial charge is 0.0366 e. The summed E-state index contributed by atoms with van der Waals surface area (Å²) in [5, 5.41) is 3.64. The Kier molecular flexibility index (Phi) is 3.96. The standard InChI is InChI=1S/C16H26N2/c1-13-6-5-7-15(10-13)18(4)12-16(2,3)11-17-14-8-9-14/h5-7,10,14,17H,8-9,11-12H2,1-4H3. The van der Waals surface area contributed by atoms with E-state index < -0.39 is 0 Å². The van der Waals surface area contributed by atoms with Crippen LogP contribution in [0.1, 0.15) is 32.3 Å². The molecule has 0 heterocycles. The molecule has 1 N–H and O–H groups in total. The van der Waals surface area contributed by atoms with Crippen molar-refractivity contribution < 1.29 is 0 Å². The lowest BCUT2D eigenvalue weighted by molar-refractivity contribution is 0.345. The molecule has 1 saturated carbocycles. The highest BCUT2D eigenvalue weighted by atomic mass is 15.1. The van der Waals surface area contributed by atoms with Gasteiger partial charge in [-0.3, -0.25) is 0 Å². The molecule has 0 aromatic heterocycles. The maximum absolute atomic E-state index is 3.64. The van der Waals surface area contributed by atoms with E-state index in [-0.39, 0.29) is 0 Å². The molecule has 0 bridgehead atoms. The summed E-state index contributed by atoms with van der Waals surface area (Å²) in [6.07, 6.45) is 2.73. The van der Waals surface area contributed by atoms with Crippen molar-refractivity contribution in [2.45, 2.75) is 39.7 Å². The van der Waals surface area contributed by atoms with Crippen LogP contribution in [0.15, 0.2) is 24.3 Å². The van der Waals surface area contributed by atoms with E-state index in [1.54, 1.807) is 0 Å². The van der Waals surface area contributed by atoms with Crippen LogP contribution >= 0.6 is 0 Å². The van der Waals surface area contributed by atoms with Gasteiger partial charge in [-0.25, -0.2) is 0 Å². The Morgan fingerprint density at radius 3 is 2.67 bits per heavy atom. The first-order chi connectivity index (χ1) is 8.46. The van der Waals surface area contributed by atoms with Crippen molar-refractivity contribution in [1.29, 1.82) is 0 Å². The van der Waals surface area contributed by atoms with Gasteiger partial charge in [0, 0.05) is 31.9 Å². The van der Waals surface area contributed by atoms with Crippen molar-refractivity contribution >= 4 is 5.69 Å². The lowest BCUT2D eigenvalue weighted by Crippen LogP contribution is -2.39. The minimum absolute atomic E-state index is 0.307. The molecule has 1 fully saturated rings. The summed E-state index contributed by atoms with van der Waals surface area (Å²) in [6.45, 7) is 9.02. The highest BCUT2D eigenvalue weighted by Gasteiger charge is 2.26. The predicted octanol–water partition coefficient (Wildman–Crippen LogP) is 3.21. The van der Waals surface area contributed by atoms with Crippen molar-refractivity contribution in [2.75, 3.05) is 25.0 Å². The molecule has 1 aliphatic carbocycles. The van der Waals surface area contributed by atoms with Gasteiger partial charge in [0.1, 0.15) is 0 Å². The second kappa shape index (κ2) is 5.31. The predicted molar refractivity (Wildman–Crippen MR) is 79.3 cm³/mol. The van der Waals surface area contributed by atoms with Crippen LogP contribution in [0.25, 0.3) is 0 Å². The van der Waals surface area contributed by atoms with E-state index in [9.17, 15) is 0 Å². The Balaban J connectivity index is 1.90. The molecule has 1 aromatic carbocycles. The topological polar surface area (TPSA) is 15.3 Å². The summed E-state index contributed by atoms with van der Waals surface area (Å²) in [6, 6.07) is 9.53. The maximum Gasteiger partial charge on any atom is 0.0366 e. The van der Waals surface area contributed by atoms with E-state index in [4.69, 9.17) is 0 Å². The van der Waals surface area contributed by atoms with Crippen molar-refractivity contribution in [1.82, 2.24) is 5.32 Å². The molecule has 2 heteroatoms. The first-order valence-electron chi connectivity index (χ1n) is 6.97. The lowest BCUT2D eigenvalue weighted by Gasteiger charge is -2.32. The largest absolute Gasteiger partial charge is 0.374 e. The normalized spacial score (nSPS) is 15.8. The molecule has 0 atom stereocenters. The van der Waals surface area contributed by atoms with Gasteiger partial charge in [-0.15, -0.1) is 0 Å². The first kappa shape index (κ1) is 13.4. The van der Waals surface area contributed by atoms with Crippen LogP contribution in [0.4, 0.5) is 5.69 Å². The highest BCUT2D eigenvalue weighted by Crippen LogP contribution is 2.24. The fourth-order valence-corrected chi connectivity index (χ4v) is 2.36. The van der Waals surface area contributed by atoms with Gasteiger partial charge in [0.15, 0.2) is 0 Å². The highest BCUT2D eigenvalue weighted by molar-refractivity contribution is 5.47. The third-order valence-corrected chi connectivity index (χ3v) is 3.55. The Labute approximate surface area is 111 Å². The van der Waals surface area contributed by atoms with E-state index in [2.05, 4.69) is 62.3 Å². The molecule has 0 saturated heterocycles. The fraction of sp³-hybridized carbons (Fsp3) is 0.625. The molecule has 0 amide bonds. The Morgan fingerprint density at radius 1 is 1.33 bits per heavy atom. The van der Waals surface area contributed by atoms with Gasteiger partial charge in [-0.2, -0.15) is 0 Å². The summed E-state index contributed by atoms with van der Waals surface area (Å²) >= 11 is 0. The van der Waals surface area contributed by atoms with Crippen molar-refractivity contribution in [3.63, 3.8) is 0 Å². The molecule has 18 heavy (non-hydrogen) atoms. The minimum Gasteiger partial charge on any atom is -0.374 e. The molecule has 0 unspecified atom stereocenters. The van der Waals surface area contributed by atoms with Crippen LogP contribution < -0.4 is 10.2 Å². The maximum atomic E-state index is 3.64. The van der Waals surface area contributed by atoms with E-state index >= 15 is 0 Å². The quantitative estimate of drug-likeness (QED) is 0.829. The van der Waals surface area contributed by atoms with E-state index in [1.807, 2.05) is 0 Å². The van der Waals surface area contributed by atoms with Crippen LogP contribution in [-0.4, -0.2) is 26.2 Å². The zero-order valence-electron chi connectivity index (χ0n) is 12.2. The van der Waals surface area contributed by atoms with Gasteiger partial charge in [0.05, 0.1) is 0 Å². The molecular weight excluding hydrogens is 220 g/mol. The Hall–Kier alpha value is -1.02. The molecule has 0 radical (unpaired) electrons. The number of hydrogen-bond donors (Lipinski definition) is 1. The lowest BCUT2D eigenvalue weighted by atomic mass is 9.92. The Bertz CT molecular complexity index is 394. The SMILES string of the molecule is Cc1cccc(N(C)CC(C)(C)CNC2CC2)c1. The summed E-state index contributed by atoms with van der Waals surface area (Å²) in [5.74, 6) is 0. The average molecular weight is 246 g/mol. The van der Waals surface area contributed by atoms with Crippen molar-refractivity contribution in [2.24, 2.45) is 5.41 Å². The van der Waals surface area contributed by atoms with Crippen LogP contribution in [0.3, 0.4) is 0 Å². The number of benzene rings is 1. The van der Waals surface area contributed by atoms with Gasteiger partial charge in [0.25, 0.3) is 0 Å². The summed E-state index contributed by atoms with van der Waals surface area (Å²) in [5.41, 5.74) is 2.95. The number of hydrogen-bond acceptors (Lipinski definition) is 2. The number of nitrogens with zero attached hydrogens (tertiary/aromatic N) is 1. The number of aryl methyl sites for hydroxylation is 1. The molecule has 0 spiro atoms. The fourth-order valence-electron chi connectivity index (χ4n) is 2.36. The second-order valence-corrected chi connectivity index (χ2v) is 6.51. The molecule has 0 aliphatic heterocycles.